The lowest BCUT2D eigenvalue weighted by Crippen LogP contribution is -2.17. The minimum Gasteiger partial charge on any atom is -0.366 e. The second-order valence-electron chi connectivity index (χ2n) is 6.09. The van der Waals surface area contributed by atoms with Gasteiger partial charge >= 0.3 is 0 Å². The highest BCUT2D eigenvalue weighted by molar-refractivity contribution is 7.08. The molecule has 0 saturated heterocycles. The number of anilines is 1. The number of aromatic nitrogens is 4. The zero-order chi connectivity index (χ0) is 17.1. The van der Waals surface area contributed by atoms with Crippen LogP contribution in [0.15, 0.2) is 59.3 Å². The van der Waals surface area contributed by atoms with Crippen LogP contribution in [0.2, 0.25) is 0 Å². The van der Waals surface area contributed by atoms with E-state index < -0.39 is 0 Å². The maximum Gasteiger partial charge on any atom is 0.186 e. The Hall–Kier alpha value is -2.73. The molecule has 0 aliphatic carbocycles. The fraction of sp³-hybridized carbons (Fsp3) is 0.211. The summed E-state index contributed by atoms with van der Waals surface area (Å²) in [4.78, 5) is 0. The molecule has 1 unspecified atom stereocenters. The van der Waals surface area contributed by atoms with Crippen LogP contribution in [0.25, 0.3) is 17.0 Å². The van der Waals surface area contributed by atoms with Crippen molar-refractivity contribution >= 4 is 22.8 Å². The Kier molecular flexibility index (Phi) is 4.43. The van der Waals surface area contributed by atoms with Crippen molar-refractivity contribution in [3.63, 3.8) is 0 Å². The molecule has 0 aliphatic rings. The van der Waals surface area contributed by atoms with Crippen molar-refractivity contribution in [1.29, 1.82) is 0 Å². The summed E-state index contributed by atoms with van der Waals surface area (Å²) < 4.78 is 1.80. The number of nitrogens with zero attached hydrogens (tertiary/aromatic N) is 4. The van der Waals surface area contributed by atoms with Gasteiger partial charge in [0, 0.05) is 17.0 Å². The molecule has 1 aromatic carbocycles. The summed E-state index contributed by atoms with van der Waals surface area (Å²) in [5.41, 5.74) is 3.15. The molecule has 25 heavy (non-hydrogen) atoms. The Morgan fingerprint density at radius 1 is 1.08 bits per heavy atom. The van der Waals surface area contributed by atoms with Crippen molar-refractivity contribution in [1.82, 2.24) is 19.8 Å². The molecule has 0 fully saturated rings. The lowest BCUT2D eigenvalue weighted by molar-refractivity contribution is 0.699. The van der Waals surface area contributed by atoms with Gasteiger partial charge in [-0.3, -0.25) is 0 Å². The van der Waals surface area contributed by atoms with E-state index in [-0.39, 0.29) is 0 Å². The van der Waals surface area contributed by atoms with Gasteiger partial charge < -0.3 is 5.32 Å². The van der Waals surface area contributed by atoms with E-state index in [1.165, 1.54) is 5.56 Å². The van der Waals surface area contributed by atoms with Crippen LogP contribution in [0.5, 0.6) is 0 Å². The van der Waals surface area contributed by atoms with Gasteiger partial charge in [0.25, 0.3) is 0 Å². The first-order valence-electron chi connectivity index (χ1n) is 8.35. The number of hydrogen-bond donors (Lipinski definition) is 1. The third kappa shape index (κ3) is 3.53. The number of aryl methyl sites for hydroxylation is 1. The zero-order valence-electron chi connectivity index (χ0n) is 14.0. The van der Waals surface area contributed by atoms with E-state index in [1.807, 2.05) is 23.6 Å². The molecule has 0 amide bonds. The summed E-state index contributed by atoms with van der Waals surface area (Å²) in [5.74, 6) is 1.61. The number of rotatable bonds is 6. The van der Waals surface area contributed by atoms with Gasteiger partial charge in [-0.2, -0.15) is 15.9 Å². The first kappa shape index (κ1) is 15.8. The molecule has 5 nitrogen and oxygen atoms in total. The van der Waals surface area contributed by atoms with Gasteiger partial charge in [-0.05, 0) is 48.9 Å². The minimum atomic E-state index is 0.325. The van der Waals surface area contributed by atoms with E-state index in [1.54, 1.807) is 15.9 Å². The summed E-state index contributed by atoms with van der Waals surface area (Å²) in [6.07, 6.45) is 2.09. The standard InChI is InChI=1S/C19H19N5S/c1-14(7-8-15-5-3-2-4-6-15)20-17-9-10-18-21-22-19(24(18)23-17)16-11-12-25-13-16/h2-6,9-14H,7-8H2,1H3,(H,20,23). The molecule has 126 valence electrons. The fourth-order valence-electron chi connectivity index (χ4n) is 2.79. The summed E-state index contributed by atoms with van der Waals surface area (Å²) in [7, 11) is 0. The molecule has 1 atom stereocenters. The van der Waals surface area contributed by atoms with Crippen LogP contribution >= 0.6 is 11.3 Å². The molecular weight excluding hydrogens is 330 g/mol. The third-order valence-corrected chi connectivity index (χ3v) is 4.83. The van der Waals surface area contributed by atoms with Gasteiger partial charge in [0.2, 0.25) is 0 Å². The molecule has 0 saturated carbocycles. The van der Waals surface area contributed by atoms with Crippen LogP contribution in [0, 0.1) is 0 Å². The first-order chi connectivity index (χ1) is 12.3. The van der Waals surface area contributed by atoms with Gasteiger partial charge in [0.05, 0.1) is 0 Å². The van der Waals surface area contributed by atoms with Gasteiger partial charge in [-0.15, -0.1) is 15.3 Å². The van der Waals surface area contributed by atoms with Crippen LogP contribution in [-0.4, -0.2) is 25.9 Å². The quantitative estimate of drug-likeness (QED) is 0.564. The summed E-state index contributed by atoms with van der Waals surface area (Å²) >= 11 is 1.64. The van der Waals surface area contributed by atoms with E-state index in [2.05, 4.69) is 63.2 Å². The molecule has 0 aliphatic heterocycles. The number of thiophene rings is 1. The van der Waals surface area contributed by atoms with Crippen LogP contribution in [-0.2, 0) is 6.42 Å². The number of benzene rings is 1. The average Bonchev–Trinajstić information content (AvgIpc) is 3.30. The molecule has 1 N–H and O–H groups in total. The third-order valence-electron chi connectivity index (χ3n) is 4.15. The van der Waals surface area contributed by atoms with Crippen molar-refractivity contribution in [2.45, 2.75) is 25.8 Å². The van der Waals surface area contributed by atoms with E-state index in [4.69, 9.17) is 0 Å². The lowest BCUT2D eigenvalue weighted by atomic mass is 10.1. The zero-order valence-corrected chi connectivity index (χ0v) is 14.8. The van der Waals surface area contributed by atoms with Crippen molar-refractivity contribution in [3.8, 4) is 11.4 Å². The highest BCUT2D eigenvalue weighted by Crippen LogP contribution is 2.21. The van der Waals surface area contributed by atoms with Crippen molar-refractivity contribution in [2.75, 3.05) is 5.32 Å². The normalized spacial score (nSPS) is 12.4. The van der Waals surface area contributed by atoms with Crippen LogP contribution < -0.4 is 5.32 Å². The Morgan fingerprint density at radius 2 is 1.96 bits per heavy atom. The Bertz CT molecular complexity index is 947. The molecule has 0 spiro atoms. The second-order valence-corrected chi connectivity index (χ2v) is 6.87. The monoisotopic (exact) mass is 349 g/mol. The summed E-state index contributed by atoms with van der Waals surface area (Å²) in [6, 6.07) is 16.8. The van der Waals surface area contributed by atoms with Gasteiger partial charge in [-0.25, -0.2) is 0 Å². The summed E-state index contributed by atoms with van der Waals surface area (Å²) in [6.45, 7) is 2.18. The van der Waals surface area contributed by atoms with E-state index >= 15 is 0 Å². The Morgan fingerprint density at radius 3 is 2.76 bits per heavy atom. The Labute approximate surface area is 150 Å². The lowest BCUT2D eigenvalue weighted by Gasteiger charge is -2.14. The van der Waals surface area contributed by atoms with E-state index in [0.717, 1.165) is 35.7 Å². The number of nitrogens with one attached hydrogen (secondary N) is 1. The Balaban J connectivity index is 1.48. The smallest absolute Gasteiger partial charge is 0.186 e. The molecule has 4 rings (SSSR count). The van der Waals surface area contributed by atoms with Crippen molar-refractivity contribution in [2.24, 2.45) is 0 Å². The second kappa shape index (κ2) is 7.03. The molecule has 3 heterocycles. The average molecular weight is 349 g/mol. The maximum absolute atomic E-state index is 4.67. The predicted molar refractivity (Wildman–Crippen MR) is 102 cm³/mol. The molecule has 6 heteroatoms. The number of hydrogen-bond acceptors (Lipinski definition) is 5. The van der Waals surface area contributed by atoms with Crippen LogP contribution in [0.3, 0.4) is 0 Å². The van der Waals surface area contributed by atoms with Gasteiger partial charge in [0.1, 0.15) is 5.82 Å². The molecule has 0 bridgehead atoms. The topological polar surface area (TPSA) is 55.1 Å². The predicted octanol–water partition coefficient (Wildman–Crippen LogP) is 4.29. The molecule has 0 radical (unpaired) electrons. The maximum atomic E-state index is 4.67. The highest BCUT2D eigenvalue weighted by Gasteiger charge is 2.11. The first-order valence-corrected chi connectivity index (χ1v) is 9.29. The largest absolute Gasteiger partial charge is 0.366 e. The highest BCUT2D eigenvalue weighted by atomic mass is 32.1. The van der Waals surface area contributed by atoms with E-state index in [0.29, 0.717) is 6.04 Å². The SMILES string of the molecule is CC(CCc1ccccc1)Nc1ccc2nnc(-c3ccsc3)n2n1. The van der Waals surface area contributed by atoms with E-state index in [9.17, 15) is 0 Å². The van der Waals surface area contributed by atoms with Gasteiger partial charge in [-0.1, -0.05) is 30.3 Å². The van der Waals surface area contributed by atoms with Crippen LogP contribution in [0.4, 0.5) is 5.82 Å². The van der Waals surface area contributed by atoms with Gasteiger partial charge in [0.15, 0.2) is 11.5 Å². The van der Waals surface area contributed by atoms with Crippen molar-refractivity contribution < 1.29 is 0 Å². The van der Waals surface area contributed by atoms with Crippen molar-refractivity contribution in [3.05, 3.63) is 64.9 Å². The molecule has 3 aromatic heterocycles. The summed E-state index contributed by atoms with van der Waals surface area (Å²) in [5, 5.41) is 20.7. The minimum absolute atomic E-state index is 0.325. The van der Waals surface area contributed by atoms with Crippen LogP contribution in [0.1, 0.15) is 18.9 Å². The molecule has 4 aromatic rings. The fourth-order valence-corrected chi connectivity index (χ4v) is 3.42. The number of fused-ring (bicyclic) bond motifs is 1. The molecular formula is C19H19N5S.